The molecule has 1 aliphatic heterocycles. The number of nitrogens with zero attached hydrogens (tertiary/aromatic N) is 2. The number of halogens is 1. The molecule has 2 aromatic carbocycles. The van der Waals surface area contributed by atoms with Crippen LogP contribution in [0.15, 0.2) is 45.8 Å². The lowest BCUT2D eigenvalue weighted by molar-refractivity contribution is -0.120. The van der Waals surface area contributed by atoms with E-state index in [0.717, 1.165) is 22.3 Å². The molecule has 0 spiro atoms. The normalized spacial score (nSPS) is 17.0. The van der Waals surface area contributed by atoms with E-state index in [2.05, 4.69) is 10.5 Å². The van der Waals surface area contributed by atoms with Gasteiger partial charge in [0, 0.05) is 23.8 Å². The van der Waals surface area contributed by atoms with Crippen LogP contribution in [0.4, 0.5) is 5.69 Å². The summed E-state index contributed by atoms with van der Waals surface area (Å²) in [5.74, 6) is -0.534. The van der Waals surface area contributed by atoms with Crippen molar-refractivity contribution in [3.63, 3.8) is 0 Å². The van der Waals surface area contributed by atoms with Gasteiger partial charge < -0.3 is 9.84 Å². The van der Waals surface area contributed by atoms with Gasteiger partial charge in [0.1, 0.15) is 5.69 Å². The summed E-state index contributed by atoms with van der Waals surface area (Å²) >= 11 is 6.08. The maximum atomic E-state index is 13.7. The number of sulfonamides is 1. The van der Waals surface area contributed by atoms with Crippen LogP contribution in [0.2, 0.25) is 5.02 Å². The van der Waals surface area contributed by atoms with Crippen molar-refractivity contribution in [3.05, 3.63) is 75.1 Å². The number of hydrogen-bond donors (Lipinski definition) is 1. The second-order valence-electron chi connectivity index (χ2n) is 9.31. The first-order valence-electron chi connectivity index (χ1n) is 11.8. The van der Waals surface area contributed by atoms with Crippen molar-refractivity contribution >= 4 is 45.4 Å². The summed E-state index contributed by atoms with van der Waals surface area (Å²) in [7, 11) is -3.93. The summed E-state index contributed by atoms with van der Waals surface area (Å²) in [5.41, 5.74) is 4.94. The van der Waals surface area contributed by atoms with E-state index < -0.39 is 15.9 Å². The molecule has 1 aromatic heterocycles. The Morgan fingerprint density at radius 2 is 1.86 bits per heavy atom. The van der Waals surface area contributed by atoms with Gasteiger partial charge >= 0.3 is 0 Å². The lowest BCUT2D eigenvalue weighted by Crippen LogP contribution is -2.44. The van der Waals surface area contributed by atoms with Crippen LogP contribution in [0.25, 0.3) is 12.2 Å². The van der Waals surface area contributed by atoms with Gasteiger partial charge in [-0.25, -0.2) is 8.42 Å². The minimum Gasteiger partial charge on any atom is -0.355 e. The minimum atomic E-state index is -3.93. The van der Waals surface area contributed by atoms with E-state index in [9.17, 15) is 13.2 Å². The minimum absolute atomic E-state index is 0.0378. The van der Waals surface area contributed by atoms with Gasteiger partial charge in [-0.2, -0.15) is 4.31 Å². The Morgan fingerprint density at radius 1 is 1.11 bits per heavy atom. The molecule has 7 nitrogen and oxygen atoms in total. The van der Waals surface area contributed by atoms with Gasteiger partial charge in [-0.3, -0.25) is 4.79 Å². The number of nitrogens with one attached hydrogen (secondary N) is 1. The molecular weight excluding hydrogens is 498 g/mol. The number of aryl methyl sites for hydroxylation is 4. The Morgan fingerprint density at radius 3 is 2.64 bits per heavy atom. The van der Waals surface area contributed by atoms with Crippen LogP contribution in [0, 0.1) is 33.6 Å². The van der Waals surface area contributed by atoms with E-state index in [1.165, 1.54) is 4.31 Å². The van der Waals surface area contributed by atoms with Crippen molar-refractivity contribution in [3.8, 4) is 0 Å². The molecule has 0 radical (unpaired) electrons. The molecule has 1 aliphatic rings. The van der Waals surface area contributed by atoms with Crippen LogP contribution in [-0.4, -0.2) is 36.9 Å². The smallest absolute Gasteiger partial charge is 0.248 e. The van der Waals surface area contributed by atoms with Crippen LogP contribution in [0.3, 0.4) is 0 Å². The van der Waals surface area contributed by atoms with Crippen molar-refractivity contribution < 1.29 is 17.7 Å². The second-order valence-corrected chi connectivity index (χ2v) is 11.6. The van der Waals surface area contributed by atoms with E-state index >= 15 is 0 Å². The Bertz CT molecular complexity index is 1430. The van der Waals surface area contributed by atoms with E-state index in [0.29, 0.717) is 30.1 Å². The third kappa shape index (κ3) is 5.56. The first-order chi connectivity index (χ1) is 17.1. The first kappa shape index (κ1) is 26.1. The number of carbonyl (C=O) groups is 1. The van der Waals surface area contributed by atoms with Crippen LogP contribution < -0.4 is 5.32 Å². The monoisotopic (exact) mass is 527 g/mol. The Hall–Kier alpha value is -2.94. The van der Waals surface area contributed by atoms with E-state index in [1.807, 2.05) is 51.1 Å². The molecule has 1 fully saturated rings. The molecule has 1 amide bonds. The number of carbonyl (C=O) groups excluding carboxylic acids is 1. The number of benzene rings is 2. The van der Waals surface area contributed by atoms with Gasteiger partial charge in [0.25, 0.3) is 0 Å². The highest BCUT2D eigenvalue weighted by molar-refractivity contribution is 7.89. The maximum Gasteiger partial charge on any atom is 0.248 e. The molecule has 4 rings (SSSR count). The third-order valence-corrected chi connectivity index (χ3v) is 8.75. The molecule has 0 bridgehead atoms. The lowest BCUT2D eigenvalue weighted by atomic mass is 9.98. The number of anilines is 1. The lowest BCUT2D eigenvalue weighted by Gasteiger charge is -2.31. The highest BCUT2D eigenvalue weighted by Gasteiger charge is 2.37. The summed E-state index contributed by atoms with van der Waals surface area (Å²) in [6.07, 6.45) is 4.65. The molecule has 1 atom stereocenters. The van der Waals surface area contributed by atoms with Crippen LogP contribution >= 0.6 is 11.6 Å². The average molecular weight is 528 g/mol. The number of aromatic nitrogens is 1. The van der Waals surface area contributed by atoms with Gasteiger partial charge in [-0.05, 0) is 75.4 Å². The molecule has 0 unspecified atom stereocenters. The highest BCUT2D eigenvalue weighted by Crippen LogP contribution is 2.30. The zero-order valence-corrected chi connectivity index (χ0v) is 22.4. The van der Waals surface area contributed by atoms with Crippen LogP contribution in [-0.2, 0) is 14.8 Å². The molecule has 0 aliphatic carbocycles. The predicted octanol–water partition coefficient (Wildman–Crippen LogP) is 5.77. The Balaban J connectivity index is 1.56. The van der Waals surface area contributed by atoms with Gasteiger partial charge in [0.15, 0.2) is 10.7 Å². The standard InChI is InChI=1S/C27H30ClN3O4S/c1-17-7-8-18(2)21(14-17)10-12-25-26(20(4)30-35-25)36(33,34)31-13-5-6-22(16-31)27(32)29-24-15-23(28)11-9-19(24)3/h7-12,14-15,22H,5-6,13,16H2,1-4H3,(H,29,32)/b12-10+/t22-/m0/s1. The number of amides is 1. The molecule has 1 saturated heterocycles. The zero-order chi connectivity index (χ0) is 26.0. The highest BCUT2D eigenvalue weighted by atomic mass is 35.5. The topological polar surface area (TPSA) is 92.5 Å². The fraction of sp³-hybridized carbons (Fsp3) is 0.333. The molecule has 190 valence electrons. The maximum absolute atomic E-state index is 13.7. The fourth-order valence-corrected chi connectivity index (χ4v) is 6.32. The summed E-state index contributed by atoms with van der Waals surface area (Å²) in [6.45, 7) is 7.90. The van der Waals surface area contributed by atoms with E-state index in [1.54, 1.807) is 25.1 Å². The summed E-state index contributed by atoms with van der Waals surface area (Å²) in [6, 6.07) is 11.4. The number of piperidine rings is 1. The SMILES string of the molecule is Cc1ccc(C)c(/C=C/c2onc(C)c2S(=O)(=O)N2CCC[C@H](C(=O)Nc3cc(Cl)ccc3C)C2)c1. The quantitative estimate of drug-likeness (QED) is 0.439. The average Bonchev–Trinajstić information content (AvgIpc) is 3.23. The van der Waals surface area contributed by atoms with E-state index in [4.69, 9.17) is 16.1 Å². The first-order valence-corrected chi connectivity index (χ1v) is 13.7. The van der Waals surface area contributed by atoms with Gasteiger partial charge in [0.2, 0.25) is 15.9 Å². The number of rotatable bonds is 6. The zero-order valence-electron chi connectivity index (χ0n) is 20.8. The summed E-state index contributed by atoms with van der Waals surface area (Å²) in [5, 5.41) is 7.37. The third-order valence-electron chi connectivity index (χ3n) is 6.49. The van der Waals surface area contributed by atoms with E-state index in [-0.39, 0.29) is 28.8 Å². The van der Waals surface area contributed by atoms with Crippen molar-refractivity contribution in [1.82, 2.24) is 9.46 Å². The summed E-state index contributed by atoms with van der Waals surface area (Å²) in [4.78, 5) is 13.1. The predicted molar refractivity (Wildman–Crippen MR) is 142 cm³/mol. The van der Waals surface area contributed by atoms with Crippen LogP contribution in [0.1, 0.15) is 46.5 Å². The van der Waals surface area contributed by atoms with Gasteiger partial charge in [0.05, 0.1) is 5.92 Å². The van der Waals surface area contributed by atoms with Crippen molar-refractivity contribution in [2.75, 3.05) is 18.4 Å². The molecule has 9 heteroatoms. The molecule has 36 heavy (non-hydrogen) atoms. The van der Waals surface area contributed by atoms with Crippen molar-refractivity contribution in [2.45, 2.75) is 45.4 Å². The number of hydrogen-bond acceptors (Lipinski definition) is 5. The second kappa shape index (κ2) is 10.6. The molecule has 3 aromatic rings. The Labute approximate surface area is 217 Å². The Kier molecular flexibility index (Phi) is 7.68. The fourth-order valence-electron chi connectivity index (χ4n) is 4.37. The molecular formula is C27H30ClN3O4S. The molecule has 0 saturated carbocycles. The van der Waals surface area contributed by atoms with Crippen molar-refractivity contribution in [1.29, 1.82) is 0 Å². The largest absolute Gasteiger partial charge is 0.355 e. The van der Waals surface area contributed by atoms with Gasteiger partial charge in [-0.15, -0.1) is 0 Å². The van der Waals surface area contributed by atoms with Crippen molar-refractivity contribution in [2.24, 2.45) is 5.92 Å². The molecule has 1 N–H and O–H groups in total. The van der Waals surface area contributed by atoms with Crippen LogP contribution in [0.5, 0.6) is 0 Å². The summed E-state index contributed by atoms with van der Waals surface area (Å²) < 4.78 is 34.2. The van der Waals surface area contributed by atoms with Gasteiger partial charge in [-0.1, -0.05) is 52.7 Å². The molecule has 2 heterocycles.